The summed E-state index contributed by atoms with van der Waals surface area (Å²) >= 11 is 1.77. The average Bonchev–Trinajstić information content (AvgIpc) is 3.01. The normalized spacial score (nSPS) is 12.8. The number of nitrogens with one attached hydrogen (secondary N) is 1. The number of aromatic nitrogens is 2. The van der Waals surface area contributed by atoms with Crippen molar-refractivity contribution < 1.29 is 0 Å². The van der Waals surface area contributed by atoms with Crippen molar-refractivity contribution in [2.75, 3.05) is 6.54 Å². The zero-order valence-corrected chi connectivity index (χ0v) is 11.9. The van der Waals surface area contributed by atoms with Gasteiger partial charge in [0.15, 0.2) is 0 Å². The van der Waals surface area contributed by atoms with Gasteiger partial charge in [-0.3, -0.25) is 0 Å². The van der Waals surface area contributed by atoms with Crippen LogP contribution in [0.5, 0.6) is 0 Å². The number of hydrogen-bond acceptors (Lipinski definition) is 3. The van der Waals surface area contributed by atoms with Crippen molar-refractivity contribution in [2.24, 2.45) is 7.05 Å². The lowest BCUT2D eigenvalue weighted by molar-refractivity contribution is 0.466. The second-order valence-electron chi connectivity index (χ2n) is 4.57. The number of thiophene rings is 1. The summed E-state index contributed by atoms with van der Waals surface area (Å²) in [5.41, 5.74) is 1.43. The van der Waals surface area contributed by atoms with Gasteiger partial charge < -0.3 is 9.88 Å². The van der Waals surface area contributed by atoms with Crippen LogP contribution < -0.4 is 5.32 Å². The van der Waals surface area contributed by atoms with E-state index < -0.39 is 0 Å². The fourth-order valence-electron chi connectivity index (χ4n) is 2.10. The number of imidazole rings is 1. The van der Waals surface area contributed by atoms with Crippen molar-refractivity contribution in [2.45, 2.75) is 32.2 Å². The molecule has 0 aliphatic heterocycles. The third-order valence-corrected chi connectivity index (χ3v) is 3.84. The van der Waals surface area contributed by atoms with E-state index in [4.69, 9.17) is 0 Å². The van der Waals surface area contributed by atoms with Crippen molar-refractivity contribution in [3.63, 3.8) is 0 Å². The van der Waals surface area contributed by atoms with E-state index in [9.17, 15) is 0 Å². The summed E-state index contributed by atoms with van der Waals surface area (Å²) in [5, 5.41) is 7.97. The van der Waals surface area contributed by atoms with Crippen LogP contribution in [0.3, 0.4) is 0 Å². The number of hydrogen-bond donors (Lipinski definition) is 1. The monoisotopic (exact) mass is 263 g/mol. The average molecular weight is 263 g/mol. The SMILES string of the molecule is CCCNC(CCc1ccsc1)c1nccn1C. The molecule has 0 spiro atoms. The second kappa shape index (κ2) is 6.71. The van der Waals surface area contributed by atoms with E-state index in [2.05, 4.69) is 45.7 Å². The van der Waals surface area contributed by atoms with Crippen molar-refractivity contribution >= 4 is 11.3 Å². The van der Waals surface area contributed by atoms with Crippen LogP contribution >= 0.6 is 11.3 Å². The Morgan fingerprint density at radius 1 is 1.50 bits per heavy atom. The second-order valence-corrected chi connectivity index (χ2v) is 5.35. The smallest absolute Gasteiger partial charge is 0.125 e. The van der Waals surface area contributed by atoms with Crippen molar-refractivity contribution in [1.82, 2.24) is 14.9 Å². The van der Waals surface area contributed by atoms with Crippen LogP contribution in [-0.4, -0.2) is 16.1 Å². The molecule has 2 heterocycles. The summed E-state index contributed by atoms with van der Waals surface area (Å²) in [6.07, 6.45) is 7.25. The summed E-state index contributed by atoms with van der Waals surface area (Å²) in [5.74, 6) is 1.14. The maximum atomic E-state index is 4.47. The molecular formula is C14H21N3S. The van der Waals surface area contributed by atoms with E-state index in [1.807, 2.05) is 12.4 Å². The van der Waals surface area contributed by atoms with E-state index >= 15 is 0 Å². The molecular weight excluding hydrogens is 242 g/mol. The van der Waals surface area contributed by atoms with Gasteiger partial charge in [0.2, 0.25) is 0 Å². The van der Waals surface area contributed by atoms with Crippen LogP contribution in [0.4, 0.5) is 0 Å². The molecule has 1 N–H and O–H groups in total. The largest absolute Gasteiger partial charge is 0.337 e. The summed E-state index contributed by atoms with van der Waals surface area (Å²) in [6.45, 7) is 3.24. The van der Waals surface area contributed by atoms with E-state index in [1.165, 1.54) is 5.56 Å². The van der Waals surface area contributed by atoms with Gasteiger partial charge in [-0.05, 0) is 48.2 Å². The molecule has 2 rings (SSSR count). The first-order valence-corrected chi connectivity index (χ1v) is 7.47. The first-order chi connectivity index (χ1) is 8.81. The third-order valence-electron chi connectivity index (χ3n) is 3.11. The molecule has 1 atom stereocenters. The molecule has 2 aromatic heterocycles. The van der Waals surface area contributed by atoms with Gasteiger partial charge in [0, 0.05) is 19.4 Å². The molecule has 0 aromatic carbocycles. The van der Waals surface area contributed by atoms with Crippen LogP contribution in [0.1, 0.15) is 37.2 Å². The summed E-state index contributed by atoms with van der Waals surface area (Å²) in [7, 11) is 2.06. The predicted octanol–water partition coefficient (Wildman–Crippen LogP) is 3.16. The van der Waals surface area contributed by atoms with E-state index in [0.29, 0.717) is 6.04 Å². The molecule has 1 unspecified atom stereocenters. The van der Waals surface area contributed by atoms with Crippen molar-refractivity contribution in [3.05, 3.63) is 40.6 Å². The fourth-order valence-corrected chi connectivity index (χ4v) is 2.80. The molecule has 0 aliphatic rings. The van der Waals surface area contributed by atoms with Gasteiger partial charge in [-0.2, -0.15) is 11.3 Å². The Labute approximate surface area is 113 Å². The quantitative estimate of drug-likeness (QED) is 0.831. The van der Waals surface area contributed by atoms with Gasteiger partial charge >= 0.3 is 0 Å². The number of rotatable bonds is 7. The maximum Gasteiger partial charge on any atom is 0.125 e. The van der Waals surface area contributed by atoms with E-state index in [-0.39, 0.29) is 0 Å². The highest BCUT2D eigenvalue weighted by atomic mass is 32.1. The lowest BCUT2D eigenvalue weighted by Crippen LogP contribution is -2.25. The molecule has 4 heteroatoms. The molecule has 0 saturated carbocycles. The maximum absolute atomic E-state index is 4.47. The number of aryl methyl sites for hydroxylation is 2. The van der Waals surface area contributed by atoms with E-state index in [1.54, 1.807) is 11.3 Å². The molecule has 2 aromatic rings. The van der Waals surface area contributed by atoms with Crippen LogP contribution in [-0.2, 0) is 13.5 Å². The Morgan fingerprint density at radius 2 is 2.39 bits per heavy atom. The highest BCUT2D eigenvalue weighted by Gasteiger charge is 2.14. The molecule has 0 saturated heterocycles. The highest BCUT2D eigenvalue weighted by molar-refractivity contribution is 7.07. The Kier molecular flexibility index (Phi) is 4.96. The number of nitrogens with zero attached hydrogens (tertiary/aromatic N) is 2. The lowest BCUT2D eigenvalue weighted by Gasteiger charge is -2.18. The van der Waals surface area contributed by atoms with Gasteiger partial charge in [-0.15, -0.1) is 0 Å². The summed E-state index contributed by atoms with van der Waals surface area (Å²) in [6, 6.07) is 2.56. The standard InChI is InChI=1S/C14H21N3S/c1-3-7-15-13(14-16-8-9-17(14)2)5-4-12-6-10-18-11-12/h6,8-11,13,15H,3-5,7H2,1-2H3. The molecule has 0 aliphatic carbocycles. The van der Waals surface area contributed by atoms with Crippen molar-refractivity contribution in [3.8, 4) is 0 Å². The van der Waals surface area contributed by atoms with E-state index in [0.717, 1.165) is 31.6 Å². The Balaban J connectivity index is 1.99. The molecule has 0 amide bonds. The fraction of sp³-hybridized carbons (Fsp3) is 0.500. The minimum Gasteiger partial charge on any atom is -0.337 e. The minimum absolute atomic E-state index is 0.352. The summed E-state index contributed by atoms with van der Waals surface area (Å²) in [4.78, 5) is 4.47. The van der Waals surface area contributed by atoms with Crippen LogP contribution in [0, 0.1) is 0 Å². The first-order valence-electron chi connectivity index (χ1n) is 6.53. The van der Waals surface area contributed by atoms with Gasteiger partial charge in [-0.25, -0.2) is 4.98 Å². The van der Waals surface area contributed by atoms with Gasteiger partial charge in [-0.1, -0.05) is 6.92 Å². The molecule has 3 nitrogen and oxygen atoms in total. The Hall–Kier alpha value is -1.13. The molecule has 0 bridgehead atoms. The topological polar surface area (TPSA) is 29.9 Å². The highest BCUT2D eigenvalue weighted by Crippen LogP contribution is 2.18. The lowest BCUT2D eigenvalue weighted by atomic mass is 10.1. The molecule has 0 radical (unpaired) electrons. The van der Waals surface area contributed by atoms with Gasteiger partial charge in [0.25, 0.3) is 0 Å². The molecule has 98 valence electrons. The molecule has 18 heavy (non-hydrogen) atoms. The minimum atomic E-state index is 0.352. The van der Waals surface area contributed by atoms with Crippen LogP contribution in [0.2, 0.25) is 0 Å². The van der Waals surface area contributed by atoms with Gasteiger partial charge in [0.05, 0.1) is 6.04 Å². The van der Waals surface area contributed by atoms with Crippen molar-refractivity contribution in [1.29, 1.82) is 0 Å². The predicted molar refractivity (Wildman–Crippen MR) is 76.9 cm³/mol. The first kappa shape index (κ1) is 13.3. The Bertz CT molecular complexity index is 447. The zero-order chi connectivity index (χ0) is 12.8. The van der Waals surface area contributed by atoms with Crippen LogP contribution in [0.25, 0.3) is 0 Å². The summed E-state index contributed by atoms with van der Waals surface area (Å²) < 4.78 is 2.11. The van der Waals surface area contributed by atoms with Gasteiger partial charge in [0.1, 0.15) is 5.82 Å². The van der Waals surface area contributed by atoms with Crippen LogP contribution in [0.15, 0.2) is 29.2 Å². The third kappa shape index (κ3) is 3.43. The Morgan fingerprint density at radius 3 is 3.00 bits per heavy atom. The molecule has 0 fully saturated rings. The zero-order valence-electron chi connectivity index (χ0n) is 11.1.